The molecule has 142 valence electrons. The Hall–Kier alpha value is -3.74. The fraction of sp³-hybridized carbons (Fsp3) is 0.143. The molecule has 0 fully saturated rings. The Morgan fingerprint density at radius 3 is 2.32 bits per heavy atom. The number of nitrogens with one attached hydrogen (secondary N) is 2. The molecule has 1 amide bonds. The van der Waals surface area contributed by atoms with E-state index in [4.69, 9.17) is 4.74 Å². The van der Waals surface area contributed by atoms with E-state index in [1.54, 1.807) is 24.3 Å². The lowest BCUT2D eigenvalue weighted by Gasteiger charge is -2.10. The number of methoxy groups -OCH3 is 1. The minimum Gasteiger partial charge on any atom is -0.465 e. The summed E-state index contributed by atoms with van der Waals surface area (Å²) in [5, 5.41) is 5.83. The third kappa shape index (κ3) is 4.50. The van der Waals surface area contributed by atoms with E-state index < -0.39 is 11.9 Å². The fourth-order valence-corrected chi connectivity index (χ4v) is 2.77. The van der Waals surface area contributed by atoms with Gasteiger partial charge in [-0.1, -0.05) is 18.2 Å². The first kappa shape index (κ1) is 19.0. The van der Waals surface area contributed by atoms with Gasteiger partial charge in [-0.05, 0) is 49.2 Å². The summed E-state index contributed by atoms with van der Waals surface area (Å²) in [5.74, 6) is -0.478. The van der Waals surface area contributed by atoms with Crippen molar-refractivity contribution in [3.05, 3.63) is 77.2 Å². The zero-order chi connectivity index (χ0) is 20.1. The number of para-hydroxylation sites is 1. The predicted octanol–water partition coefficient (Wildman–Crippen LogP) is 3.88. The lowest BCUT2D eigenvalue weighted by molar-refractivity contribution is 0.0602. The molecular weight excluding hydrogens is 356 g/mol. The highest BCUT2D eigenvalue weighted by molar-refractivity contribution is 6.06. The van der Waals surface area contributed by atoms with Crippen molar-refractivity contribution in [2.75, 3.05) is 17.7 Å². The number of carbonyl (C=O) groups excluding carboxylic acids is 2. The van der Waals surface area contributed by atoms with Crippen LogP contribution in [0.15, 0.2) is 54.9 Å². The van der Waals surface area contributed by atoms with Gasteiger partial charge in [0.2, 0.25) is 0 Å². The number of aryl methyl sites for hydroxylation is 2. The summed E-state index contributed by atoms with van der Waals surface area (Å²) < 4.78 is 4.73. The van der Waals surface area contributed by atoms with Gasteiger partial charge in [-0.25, -0.2) is 14.8 Å². The van der Waals surface area contributed by atoms with Crippen molar-refractivity contribution in [1.29, 1.82) is 0 Å². The van der Waals surface area contributed by atoms with Crippen LogP contribution in [0.5, 0.6) is 0 Å². The number of carbonyl (C=O) groups is 2. The van der Waals surface area contributed by atoms with Gasteiger partial charge >= 0.3 is 5.97 Å². The van der Waals surface area contributed by atoms with Crippen molar-refractivity contribution in [2.24, 2.45) is 0 Å². The standard InChI is InChI=1S/C21H20N4O3/c1-13-8-14(2)10-15(9-13)24-19-12-22-18(11-23-19)20(26)25-17-7-5-4-6-16(17)21(27)28-3/h4-12H,1-3H3,(H,23,24)(H,25,26). The SMILES string of the molecule is COC(=O)c1ccccc1NC(=O)c1cnc(Nc2cc(C)cc(C)c2)cn1. The van der Waals surface area contributed by atoms with Crippen molar-refractivity contribution < 1.29 is 14.3 Å². The van der Waals surface area contributed by atoms with E-state index in [9.17, 15) is 9.59 Å². The Kier molecular flexibility index (Phi) is 5.64. The number of anilines is 3. The van der Waals surface area contributed by atoms with Gasteiger partial charge in [-0.15, -0.1) is 0 Å². The molecule has 7 heteroatoms. The van der Waals surface area contributed by atoms with Crippen LogP contribution in [0.2, 0.25) is 0 Å². The van der Waals surface area contributed by atoms with E-state index in [1.807, 2.05) is 26.0 Å². The second-order valence-corrected chi connectivity index (χ2v) is 6.28. The fourth-order valence-electron chi connectivity index (χ4n) is 2.77. The molecule has 28 heavy (non-hydrogen) atoms. The number of amides is 1. The molecule has 0 spiro atoms. The highest BCUT2D eigenvalue weighted by atomic mass is 16.5. The molecule has 0 aliphatic rings. The molecule has 0 aliphatic carbocycles. The Labute approximate surface area is 162 Å². The van der Waals surface area contributed by atoms with Crippen molar-refractivity contribution in [2.45, 2.75) is 13.8 Å². The van der Waals surface area contributed by atoms with Crippen LogP contribution in [0.25, 0.3) is 0 Å². The van der Waals surface area contributed by atoms with Gasteiger partial charge in [-0.3, -0.25) is 4.79 Å². The Morgan fingerprint density at radius 1 is 0.964 bits per heavy atom. The molecule has 1 aromatic heterocycles. The number of ether oxygens (including phenoxy) is 1. The van der Waals surface area contributed by atoms with Crippen LogP contribution in [0, 0.1) is 13.8 Å². The Balaban J connectivity index is 1.73. The third-order valence-electron chi connectivity index (χ3n) is 3.96. The number of hydrogen-bond donors (Lipinski definition) is 2. The molecule has 0 atom stereocenters. The van der Waals surface area contributed by atoms with Crippen LogP contribution in [0.1, 0.15) is 32.0 Å². The van der Waals surface area contributed by atoms with Gasteiger partial charge in [0, 0.05) is 5.69 Å². The van der Waals surface area contributed by atoms with E-state index in [0.29, 0.717) is 11.5 Å². The van der Waals surface area contributed by atoms with Crippen LogP contribution in [0.3, 0.4) is 0 Å². The molecule has 0 bridgehead atoms. The lowest BCUT2D eigenvalue weighted by Crippen LogP contribution is -2.17. The highest BCUT2D eigenvalue weighted by Gasteiger charge is 2.15. The average Bonchev–Trinajstić information content (AvgIpc) is 2.67. The maximum atomic E-state index is 12.5. The maximum absolute atomic E-state index is 12.5. The molecule has 0 aliphatic heterocycles. The van der Waals surface area contributed by atoms with Gasteiger partial charge in [0.15, 0.2) is 0 Å². The number of rotatable bonds is 5. The summed E-state index contributed by atoms with van der Waals surface area (Å²) in [5.41, 5.74) is 3.91. The summed E-state index contributed by atoms with van der Waals surface area (Å²) in [6.07, 6.45) is 2.86. The van der Waals surface area contributed by atoms with Crippen molar-refractivity contribution in [1.82, 2.24) is 9.97 Å². The van der Waals surface area contributed by atoms with E-state index in [2.05, 4.69) is 26.7 Å². The number of nitrogens with zero attached hydrogens (tertiary/aromatic N) is 2. The third-order valence-corrected chi connectivity index (χ3v) is 3.96. The molecule has 7 nitrogen and oxygen atoms in total. The van der Waals surface area contributed by atoms with Crippen LogP contribution in [0.4, 0.5) is 17.2 Å². The van der Waals surface area contributed by atoms with Gasteiger partial charge in [-0.2, -0.15) is 0 Å². The number of esters is 1. The first-order chi connectivity index (χ1) is 13.5. The Morgan fingerprint density at radius 2 is 1.68 bits per heavy atom. The zero-order valence-electron chi connectivity index (χ0n) is 15.8. The van der Waals surface area contributed by atoms with Gasteiger partial charge in [0.1, 0.15) is 11.5 Å². The summed E-state index contributed by atoms with van der Waals surface area (Å²) >= 11 is 0. The summed E-state index contributed by atoms with van der Waals surface area (Å²) in [6.45, 7) is 4.03. The largest absolute Gasteiger partial charge is 0.465 e. The normalized spacial score (nSPS) is 10.2. The first-order valence-corrected chi connectivity index (χ1v) is 8.62. The van der Waals surface area contributed by atoms with E-state index in [1.165, 1.54) is 19.5 Å². The van der Waals surface area contributed by atoms with Gasteiger partial charge < -0.3 is 15.4 Å². The van der Waals surface area contributed by atoms with Gasteiger partial charge in [0.05, 0.1) is 30.8 Å². The summed E-state index contributed by atoms with van der Waals surface area (Å²) in [6, 6.07) is 12.7. The monoisotopic (exact) mass is 376 g/mol. The summed E-state index contributed by atoms with van der Waals surface area (Å²) in [7, 11) is 1.29. The highest BCUT2D eigenvalue weighted by Crippen LogP contribution is 2.19. The second-order valence-electron chi connectivity index (χ2n) is 6.28. The van der Waals surface area contributed by atoms with E-state index in [-0.39, 0.29) is 11.3 Å². The first-order valence-electron chi connectivity index (χ1n) is 8.62. The van der Waals surface area contributed by atoms with Crippen LogP contribution >= 0.6 is 0 Å². The molecule has 2 N–H and O–H groups in total. The minimum absolute atomic E-state index is 0.130. The lowest BCUT2D eigenvalue weighted by atomic mass is 10.1. The van der Waals surface area contributed by atoms with Crippen LogP contribution < -0.4 is 10.6 Å². The molecule has 2 aromatic carbocycles. The molecule has 0 radical (unpaired) electrons. The minimum atomic E-state index is -0.532. The number of aromatic nitrogens is 2. The van der Waals surface area contributed by atoms with Crippen LogP contribution in [-0.4, -0.2) is 29.0 Å². The molecule has 1 heterocycles. The zero-order valence-corrected chi connectivity index (χ0v) is 15.8. The van der Waals surface area contributed by atoms with Crippen molar-refractivity contribution >= 4 is 29.1 Å². The second kappa shape index (κ2) is 8.30. The van der Waals surface area contributed by atoms with E-state index >= 15 is 0 Å². The quantitative estimate of drug-likeness (QED) is 0.657. The molecule has 0 saturated heterocycles. The van der Waals surface area contributed by atoms with E-state index in [0.717, 1.165) is 16.8 Å². The molecule has 3 rings (SSSR count). The van der Waals surface area contributed by atoms with Crippen molar-refractivity contribution in [3.8, 4) is 0 Å². The Bertz CT molecular complexity index is 996. The average molecular weight is 376 g/mol. The molecule has 3 aromatic rings. The summed E-state index contributed by atoms with van der Waals surface area (Å²) in [4.78, 5) is 32.7. The van der Waals surface area contributed by atoms with Gasteiger partial charge in [0.25, 0.3) is 5.91 Å². The van der Waals surface area contributed by atoms with Crippen molar-refractivity contribution in [3.63, 3.8) is 0 Å². The number of benzene rings is 2. The smallest absolute Gasteiger partial charge is 0.339 e. The topological polar surface area (TPSA) is 93.2 Å². The molecule has 0 unspecified atom stereocenters. The van der Waals surface area contributed by atoms with Crippen LogP contribution in [-0.2, 0) is 4.74 Å². The maximum Gasteiger partial charge on any atom is 0.339 e. The predicted molar refractivity (Wildman–Crippen MR) is 107 cm³/mol. The molecule has 0 saturated carbocycles. The number of hydrogen-bond acceptors (Lipinski definition) is 6. The molecular formula is C21H20N4O3.